The van der Waals surface area contributed by atoms with Gasteiger partial charge in [0.2, 0.25) is 0 Å². The fourth-order valence-corrected chi connectivity index (χ4v) is 3.13. The molecule has 7 nitrogen and oxygen atoms in total. The molecule has 2 N–H and O–H groups in total. The Morgan fingerprint density at radius 2 is 2.00 bits per heavy atom. The molecule has 3 rings (SSSR count). The normalized spacial score (nSPS) is 14.5. The van der Waals surface area contributed by atoms with Gasteiger partial charge < -0.3 is 20.1 Å². The quantitative estimate of drug-likeness (QED) is 0.687. The molecule has 0 spiro atoms. The molecule has 2 aromatic rings. The van der Waals surface area contributed by atoms with E-state index in [4.69, 9.17) is 9.47 Å². The molecule has 28 heavy (non-hydrogen) atoms. The van der Waals surface area contributed by atoms with Crippen molar-refractivity contribution in [2.45, 2.75) is 6.42 Å². The fourth-order valence-electron chi connectivity index (χ4n) is 3.13. The van der Waals surface area contributed by atoms with Gasteiger partial charge in [0.1, 0.15) is 11.4 Å². The number of nitrogens with one attached hydrogen (secondary N) is 2. The van der Waals surface area contributed by atoms with E-state index in [1.165, 1.54) is 0 Å². The number of nitrogens with zero attached hydrogens (tertiary/aromatic N) is 2. The number of rotatable bonds is 9. The molecule has 7 heteroatoms. The number of carbonyl (C=O) groups is 1. The number of pyridine rings is 1. The average Bonchev–Trinajstić information content (AvgIpc) is 2.75. The number of carbonyl (C=O) groups excluding carboxylic acids is 1. The third-order valence-corrected chi connectivity index (χ3v) is 4.73. The Kier molecular flexibility index (Phi) is 7.63. The van der Waals surface area contributed by atoms with E-state index in [9.17, 15) is 4.79 Å². The highest BCUT2D eigenvalue weighted by Crippen LogP contribution is 2.18. The van der Waals surface area contributed by atoms with Crippen LogP contribution in [0.5, 0.6) is 5.75 Å². The zero-order chi connectivity index (χ0) is 19.6. The van der Waals surface area contributed by atoms with Crippen molar-refractivity contribution in [3.05, 3.63) is 53.9 Å². The molecule has 1 aromatic heterocycles. The van der Waals surface area contributed by atoms with E-state index in [-0.39, 0.29) is 5.91 Å². The van der Waals surface area contributed by atoms with Crippen LogP contribution in [0.3, 0.4) is 0 Å². The summed E-state index contributed by atoms with van der Waals surface area (Å²) in [6, 6.07) is 11.6. The SMILES string of the molecule is COc1ccccc1CCNc1ccc(C(=O)NCCN2CCOCC2)nc1. The van der Waals surface area contributed by atoms with Crippen LogP contribution in [0.25, 0.3) is 0 Å². The van der Waals surface area contributed by atoms with Crippen LogP contribution in [0.4, 0.5) is 5.69 Å². The number of benzene rings is 1. The molecule has 2 heterocycles. The standard InChI is InChI=1S/C21H28N4O3/c1-27-20-5-3-2-4-17(20)8-9-22-18-6-7-19(24-16-18)21(26)23-10-11-25-12-14-28-15-13-25/h2-7,16,22H,8-15H2,1H3,(H,23,26). The van der Waals surface area contributed by atoms with Crippen molar-refractivity contribution in [1.29, 1.82) is 0 Å². The van der Waals surface area contributed by atoms with Gasteiger partial charge in [0, 0.05) is 32.7 Å². The Labute approximate surface area is 166 Å². The van der Waals surface area contributed by atoms with Gasteiger partial charge >= 0.3 is 0 Å². The van der Waals surface area contributed by atoms with E-state index in [1.54, 1.807) is 19.4 Å². The average molecular weight is 384 g/mol. The van der Waals surface area contributed by atoms with Crippen LogP contribution < -0.4 is 15.4 Å². The zero-order valence-electron chi connectivity index (χ0n) is 16.3. The predicted molar refractivity (Wildman–Crippen MR) is 109 cm³/mol. The van der Waals surface area contributed by atoms with Gasteiger partial charge in [0.05, 0.1) is 32.2 Å². The van der Waals surface area contributed by atoms with Gasteiger partial charge in [0.15, 0.2) is 0 Å². The topological polar surface area (TPSA) is 75.7 Å². The number of aromatic nitrogens is 1. The third-order valence-electron chi connectivity index (χ3n) is 4.73. The lowest BCUT2D eigenvalue weighted by atomic mass is 10.1. The molecule has 1 aliphatic heterocycles. The first-order valence-corrected chi connectivity index (χ1v) is 9.66. The van der Waals surface area contributed by atoms with E-state index < -0.39 is 0 Å². The lowest BCUT2D eigenvalue weighted by molar-refractivity contribution is 0.0383. The van der Waals surface area contributed by atoms with E-state index in [0.29, 0.717) is 12.2 Å². The second-order valence-corrected chi connectivity index (χ2v) is 6.63. The first kappa shape index (κ1) is 20.1. The summed E-state index contributed by atoms with van der Waals surface area (Å²) in [5.74, 6) is 0.750. The molecule has 0 bridgehead atoms. The smallest absolute Gasteiger partial charge is 0.269 e. The summed E-state index contributed by atoms with van der Waals surface area (Å²) in [5, 5.41) is 6.25. The van der Waals surface area contributed by atoms with Crippen LogP contribution >= 0.6 is 0 Å². The van der Waals surface area contributed by atoms with Gasteiger partial charge in [-0.05, 0) is 30.2 Å². The van der Waals surface area contributed by atoms with E-state index in [2.05, 4.69) is 26.6 Å². The summed E-state index contributed by atoms with van der Waals surface area (Å²) in [4.78, 5) is 18.8. The van der Waals surface area contributed by atoms with Crippen molar-refractivity contribution in [1.82, 2.24) is 15.2 Å². The van der Waals surface area contributed by atoms with Gasteiger partial charge in [-0.1, -0.05) is 18.2 Å². The number of morpholine rings is 1. The van der Waals surface area contributed by atoms with Gasteiger partial charge in [-0.2, -0.15) is 0 Å². The molecule has 0 atom stereocenters. The van der Waals surface area contributed by atoms with Gasteiger partial charge in [-0.25, -0.2) is 4.98 Å². The maximum atomic E-state index is 12.2. The number of hydrogen-bond acceptors (Lipinski definition) is 6. The summed E-state index contributed by atoms with van der Waals surface area (Å²) in [5.41, 5.74) is 2.47. The van der Waals surface area contributed by atoms with Crippen LogP contribution in [0.15, 0.2) is 42.6 Å². The number of ether oxygens (including phenoxy) is 2. The summed E-state index contributed by atoms with van der Waals surface area (Å²) in [6.45, 7) is 5.57. The minimum Gasteiger partial charge on any atom is -0.496 e. The molecule has 1 fully saturated rings. The van der Waals surface area contributed by atoms with Gasteiger partial charge in [-0.3, -0.25) is 9.69 Å². The highest BCUT2D eigenvalue weighted by Gasteiger charge is 2.11. The Morgan fingerprint density at radius 3 is 2.75 bits per heavy atom. The first-order valence-electron chi connectivity index (χ1n) is 9.66. The van der Waals surface area contributed by atoms with Crippen molar-refractivity contribution >= 4 is 11.6 Å². The highest BCUT2D eigenvalue weighted by molar-refractivity contribution is 5.92. The first-order chi connectivity index (χ1) is 13.8. The lowest BCUT2D eigenvalue weighted by Gasteiger charge is -2.26. The second kappa shape index (κ2) is 10.6. The Morgan fingerprint density at radius 1 is 1.18 bits per heavy atom. The Hall–Kier alpha value is -2.64. The molecular formula is C21H28N4O3. The van der Waals surface area contributed by atoms with Gasteiger partial charge in [-0.15, -0.1) is 0 Å². The van der Waals surface area contributed by atoms with Crippen molar-refractivity contribution < 1.29 is 14.3 Å². The molecule has 150 valence electrons. The monoisotopic (exact) mass is 384 g/mol. The largest absolute Gasteiger partial charge is 0.496 e. The van der Waals surface area contributed by atoms with Crippen molar-refractivity contribution in [2.75, 3.05) is 58.4 Å². The molecule has 0 radical (unpaired) electrons. The summed E-state index contributed by atoms with van der Waals surface area (Å²) >= 11 is 0. The van der Waals surface area contributed by atoms with Crippen molar-refractivity contribution in [2.24, 2.45) is 0 Å². The van der Waals surface area contributed by atoms with Crippen LogP contribution in [0.2, 0.25) is 0 Å². The second-order valence-electron chi connectivity index (χ2n) is 6.63. The zero-order valence-corrected chi connectivity index (χ0v) is 16.3. The van der Waals surface area contributed by atoms with E-state index in [1.807, 2.05) is 24.3 Å². The Balaban J connectivity index is 1.40. The molecule has 1 aromatic carbocycles. The van der Waals surface area contributed by atoms with E-state index >= 15 is 0 Å². The number of para-hydroxylation sites is 1. The molecule has 0 aliphatic carbocycles. The number of hydrogen-bond donors (Lipinski definition) is 2. The fraction of sp³-hybridized carbons (Fsp3) is 0.429. The van der Waals surface area contributed by atoms with Crippen LogP contribution in [0, 0.1) is 0 Å². The molecule has 0 saturated carbocycles. The van der Waals surface area contributed by atoms with Crippen molar-refractivity contribution in [3.8, 4) is 5.75 Å². The highest BCUT2D eigenvalue weighted by atomic mass is 16.5. The predicted octanol–water partition coefficient (Wildman–Crippen LogP) is 1.81. The lowest BCUT2D eigenvalue weighted by Crippen LogP contribution is -2.41. The molecule has 0 unspecified atom stereocenters. The summed E-state index contributed by atoms with van der Waals surface area (Å²) in [7, 11) is 1.68. The maximum Gasteiger partial charge on any atom is 0.269 e. The summed E-state index contributed by atoms with van der Waals surface area (Å²) in [6.07, 6.45) is 2.53. The van der Waals surface area contributed by atoms with Crippen LogP contribution in [0.1, 0.15) is 16.1 Å². The van der Waals surface area contributed by atoms with E-state index in [0.717, 1.165) is 62.8 Å². The number of amides is 1. The maximum absolute atomic E-state index is 12.2. The molecular weight excluding hydrogens is 356 g/mol. The minimum atomic E-state index is -0.145. The van der Waals surface area contributed by atoms with Gasteiger partial charge in [0.25, 0.3) is 5.91 Å². The molecule has 1 amide bonds. The molecule has 1 aliphatic rings. The molecule has 1 saturated heterocycles. The van der Waals surface area contributed by atoms with Crippen LogP contribution in [-0.4, -0.2) is 68.8 Å². The number of anilines is 1. The minimum absolute atomic E-state index is 0.145. The third kappa shape index (κ3) is 5.94. The Bertz CT molecular complexity index is 746. The van der Waals surface area contributed by atoms with Crippen molar-refractivity contribution in [3.63, 3.8) is 0 Å². The van der Waals surface area contributed by atoms with Crippen LogP contribution in [-0.2, 0) is 11.2 Å². The number of methoxy groups -OCH3 is 1. The summed E-state index contributed by atoms with van der Waals surface area (Å²) < 4.78 is 10.7.